The fourth-order valence-electron chi connectivity index (χ4n) is 1.35. The Morgan fingerprint density at radius 2 is 2.00 bits per heavy atom. The molecule has 4 heteroatoms. The number of aliphatic imine (C=N–C) groups is 1. The van der Waals surface area contributed by atoms with Crippen LogP contribution in [0.3, 0.4) is 0 Å². The van der Waals surface area contributed by atoms with Gasteiger partial charge in [-0.25, -0.2) is 9.79 Å². The molecule has 15 heavy (non-hydrogen) atoms. The Morgan fingerprint density at radius 1 is 1.33 bits per heavy atom. The van der Waals surface area contributed by atoms with Crippen LogP contribution in [0.2, 0.25) is 0 Å². The number of carbonyl (C=O) groups is 1. The number of carbonyl (C=O) groups excluding carboxylic acids is 1. The van der Waals surface area contributed by atoms with Gasteiger partial charge in [0, 0.05) is 5.56 Å². The summed E-state index contributed by atoms with van der Waals surface area (Å²) in [4.78, 5) is 15.2. The summed E-state index contributed by atoms with van der Waals surface area (Å²) in [6.45, 7) is 1.64. The SMILES string of the molecule is COc1ccc(C2N=C(C)C(=O)O2)cc1. The number of methoxy groups -OCH3 is 1. The van der Waals surface area contributed by atoms with Crippen molar-refractivity contribution in [3.63, 3.8) is 0 Å². The van der Waals surface area contributed by atoms with Crippen molar-refractivity contribution < 1.29 is 14.3 Å². The van der Waals surface area contributed by atoms with Crippen molar-refractivity contribution in [1.29, 1.82) is 0 Å². The maximum Gasteiger partial charge on any atom is 0.354 e. The second kappa shape index (κ2) is 3.73. The molecule has 0 radical (unpaired) electrons. The minimum Gasteiger partial charge on any atom is -0.497 e. The first-order chi connectivity index (χ1) is 7.20. The highest BCUT2D eigenvalue weighted by Crippen LogP contribution is 2.25. The van der Waals surface area contributed by atoms with Crippen molar-refractivity contribution in [3.05, 3.63) is 29.8 Å². The molecule has 0 N–H and O–H groups in total. The van der Waals surface area contributed by atoms with Crippen LogP contribution in [0.5, 0.6) is 5.75 Å². The zero-order chi connectivity index (χ0) is 10.8. The molecule has 0 saturated heterocycles. The van der Waals surface area contributed by atoms with Crippen LogP contribution >= 0.6 is 0 Å². The Morgan fingerprint density at radius 3 is 2.47 bits per heavy atom. The van der Waals surface area contributed by atoms with Gasteiger partial charge in [0.15, 0.2) is 0 Å². The molecule has 4 nitrogen and oxygen atoms in total. The predicted octanol–water partition coefficient (Wildman–Crippen LogP) is 1.71. The maximum absolute atomic E-state index is 11.1. The molecule has 0 aromatic heterocycles. The average molecular weight is 205 g/mol. The van der Waals surface area contributed by atoms with Gasteiger partial charge in [0.05, 0.1) is 7.11 Å². The van der Waals surface area contributed by atoms with E-state index in [4.69, 9.17) is 9.47 Å². The van der Waals surface area contributed by atoms with E-state index in [1.807, 2.05) is 24.3 Å². The van der Waals surface area contributed by atoms with Crippen LogP contribution in [0.4, 0.5) is 0 Å². The van der Waals surface area contributed by atoms with E-state index in [0.717, 1.165) is 11.3 Å². The van der Waals surface area contributed by atoms with E-state index in [1.165, 1.54) is 0 Å². The van der Waals surface area contributed by atoms with Gasteiger partial charge in [0.1, 0.15) is 11.5 Å². The second-order valence-corrected chi connectivity index (χ2v) is 3.25. The zero-order valence-electron chi connectivity index (χ0n) is 8.56. The van der Waals surface area contributed by atoms with Crippen molar-refractivity contribution in [2.24, 2.45) is 4.99 Å². The van der Waals surface area contributed by atoms with Gasteiger partial charge in [-0.3, -0.25) is 0 Å². The van der Waals surface area contributed by atoms with E-state index in [9.17, 15) is 4.79 Å². The van der Waals surface area contributed by atoms with Crippen LogP contribution in [0.1, 0.15) is 18.7 Å². The van der Waals surface area contributed by atoms with Crippen molar-refractivity contribution in [2.45, 2.75) is 13.2 Å². The van der Waals surface area contributed by atoms with E-state index >= 15 is 0 Å². The molecular weight excluding hydrogens is 194 g/mol. The summed E-state index contributed by atoms with van der Waals surface area (Å²) >= 11 is 0. The summed E-state index contributed by atoms with van der Waals surface area (Å²) in [7, 11) is 1.60. The summed E-state index contributed by atoms with van der Waals surface area (Å²) in [5.74, 6) is 0.416. The van der Waals surface area contributed by atoms with Gasteiger partial charge < -0.3 is 9.47 Å². The molecule has 0 aliphatic carbocycles. The van der Waals surface area contributed by atoms with Crippen LogP contribution < -0.4 is 4.74 Å². The minimum atomic E-state index is -0.497. The number of benzene rings is 1. The van der Waals surface area contributed by atoms with Crippen molar-refractivity contribution in [3.8, 4) is 5.75 Å². The molecule has 2 rings (SSSR count). The third kappa shape index (κ3) is 1.83. The van der Waals surface area contributed by atoms with Gasteiger partial charge in [-0.2, -0.15) is 0 Å². The lowest BCUT2D eigenvalue weighted by Crippen LogP contribution is -2.06. The molecule has 1 unspecified atom stereocenters. The molecule has 1 atom stereocenters. The predicted molar refractivity (Wildman–Crippen MR) is 54.9 cm³/mol. The lowest BCUT2D eigenvalue weighted by atomic mass is 10.2. The molecule has 0 saturated carbocycles. The topological polar surface area (TPSA) is 47.9 Å². The fourth-order valence-corrected chi connectivity index (χ4v) is 1.35. The first-order valence-corrected chi connectivity index (χ1v) is 4.60. The Hall–Kier alpha value is -1.84. The van der Waals surface area contributed by atoms with E-state index < -0.39 is 6.23 Å². The summed E-state index contributed by atoms with van der Waals surface area (Å²) < 4.78 is 10.1. The normalized spacial score (nSPS) is 19.7. The standard InChI is InChI=1S/C11H11NO3/c1-7-11(13)15-10(12-7)8-3-5-9(14-2)6-4-8/h3-6,10H,1-2H3. The Labute approximate surface area is 87.5 Å². The van der Waals surface area contributed by atoms with Crippen molar-refractivity contribution >= 4 is 11.7 Å². The number of nitrogens with zero attached hydrogens (tertiary/aromatic N) is 1. The van der Waals surface area contributed by atoms with Crippen molar-refractivity contribution in [1.82, 2.24) is 0 Å². The zero-order valence-corrected chi connectivity index (χ0v) is 8.56. The third-order valence-corrected chi connectivity index (χ3v) is 2.23. The molecular formula is C11H11NO3. The number of ether oxygens (including phenoxy) is 2. The second-order valence-electron chi connectivity index (χ2n) is 3.25. The molecule has 1 aromatic carbocycles. The van der Waals surface area contributed by atoms with E-state index in [1.54, 1.807) is 14.0 Å². The Kier molecular flexibility index (Phi) is 2.41. The van der Waals surface area contributed by atoms with E-state index in [0.29, 0.717) is 5.71 Å². The maximum atomic E-state index is 11.1. The summed E-state index contributed by atoms with van der Waals surface area (Å²) in [5.41, 5.74) is 1.26. The van der Waals surface area contributed by atoms with Gasteiger partial charge in [-0.1, -0.05) is 0 Å². The van der Waals surface area contributed by atoms with Crippen molar-refractivity contribution in [2.75, 3.05) is 7.11 Å². The van der Waals surface area contributed by atoms with Gasteiger partial charge in [-0.05, 0) is 31.2 Å². The number of rotatable bonds is 2. The monoisotopic (exact) mass is 205 g/mol. The minimum absolute atomic E-state index is 0.351. The lowest BCUT2D eigenvalue weighted by Gasteiger charge is -2.07. The van der Waals surface area contributed by atoms with Gasteiger partial charge in [-0.15, -0.1) is 0 Å². The van der Waals surface area contributed by atoms with Gasteiger partial charge in [0.25, 0.3) is 0 Å². The molecule has 0 bridgehead atoms. The molecule has 0 spiro atoms. The van der Waals surface area contributed by atoms with Crippen LogP contribution in [-0.2, 0) is 9.53 Å². The smallest absolute Gasteiger partial charge is 0.354 e. The Balaban J connectivity index is 2.21. The van der Waals surface area contributed by atoms with Gasteiger partial charge >= 0.3 is 5.97 Å². The molecule has 1 aromatic rings. The molecule has 1 aliphatic heterocycles. The molecule has 0 amide bonds. The average Bonchev–Trinajstić information content (AvgIpc) is 2.59. The number of hydrogen-bond donors (Lipinski definition) is 0. The van der Waals surface area contributed by atoms with Crippen LogP contribution in [0, 0.1) is 0 Å². The van der Waals surface area contributed by atoms with E-state index in [-0.39, 0.29) is 5.97 Å². The van der Waals surface area contributed by atoms with Crippen LogP contribution in [0.15, 0.2) is 29.3 Å². The molecule has 1 heterocycles. The van der Waals surface area contributed by atoms with Crippen LogP contribution in [0.25, 0.3) is 0 Å². The fraction of sp³-hybridized carbons (Fsp3) is 0.273. The highest BCUT2D eigenvalue weighted by Gasteiger charge is 2.24. The van der Waals surface area contributed by atoms with Crippen LogP contribution in [-0.4, -0.2) is 18.8 Å². The quantitative estimate of drug-likeness (QED) is 0.690. The number of cyclic esters (lactones) is 1. The van der Waals surface area contributed by atoms with Gasteiger partial charge in [0.2, 0.25) is 6.23 Å². The molecule has 78 valence electrons. The first-order valence-electron chi connectivity index (χ1n) is 4.60. The summed E-state index contributed by atoms with van der Waals surface area (Å²) in [6.07, 6.45) is -0.497. The summed E-state index contributed by atoms with van der Waals surface area (Å²) in [6, 6.07) is 7.29. The Bertz CT molecular complexity index is 408. The highest BCUT2D eigenvalue weighted by atomic mass is 16.6. The lowest BCUT2D eigenvalue weighted by molar-refractivity contribution is -0.137. The largest absolute Gasteiger partial charge is 0.497 e. The van der Waals surface area contributed by atoms with E-state index in [2.05, 4.69) is 4.99 Å². The summed E-state index contributed by atoms with van der Waals surface area (Å²) in [5, 5.41) is 0. The number of esters is 1. The third-order valence-electron chi connectivity index (χ3n) is 2.23. The molecule has 0 fully saturated rings. The molecule has 1 aliphatic rings. The first kappa shape index (κ1) is 9.71. The highest BCUT2D eigenvalue weighted by molar-refractivity contribution is 6.36. The number of hydrogen-bond acceptors (Lipinski definition) is 4.